The number of rotatable bonds is 6. The molecule has 0 saturated carbocycles. The lowest BCUT2D eigenvalue weighted by Gasteiger charge is -2.12. The molecule has 0 saturated heterocycles. The molecule has 1 aliphatic carbocycles. The fourth-order valence-electron chi connectivity index (χ4n) is 2.19. The van der Waals surface area contributed by atoms with Crippen LogP contribution < -0.4 is 5.32 Å². The Bertz CT molecular complexity index is 368. The highest BCUT2D eigenvalue weighted by atomic mass is 32.1. The van der Waals surface area contributed by atoms with Gasteiger partial charge < -0.3 is 5.32 Å². The number of aryl methyl sites for hydroxylation is 1. The molecule has 3 heteroatoms. The monoisotopic (exact) mass is 250 g/mol. The van der Waals surface area contributed by atoms with Gasteiger partial charge in [0, 0.05) is 17.6 Å². The lowest BCUT2D eigenvalue weighted by Crippen LogP contribution is -2.14. The maximum Gasteiger partial charge on any atom is 0.0925 e. The van der Waals surface area contributed by atoms with Crippen LogP contribution >= 0.6 is 11.3 Å². The van der Waals surface area contributed by atoms with E-state index in [1.165, 1.54) is 42.0 Å². The third kappa shape index (κ3) is 4.25. The van der Waals surface area contributed by atoms with Gasteiger partial charge in [-0.2, -0.15) is 0 Å². The lowest BCUT2D eigenvalue weighted by atomic mass is 9.97. The summed E-state index contributed by atoms with van der Waals surface area (Å²) in [7, 11) is 0. The SMILES string of the molecule is CCc1ncc(CNCCC2=CCCCC2)s1. The van der Waals surface area contributed by atoms with Crippen molar-refractivity contribution in [3.8, 4) is 0 Å². The summed E-state index contributed by atoms with van der Waals surface area (Å²) in [5.74, 6) is 0. The van der Waals surface area contributed by atoms with Crippen LogP contribution in [0.2, 0.25) is 0 Å². The number of nitrogens with zero attached hydrogens (tertiary/aromatic N) is 1. The molecule has 0 aromatic carbocycles. The van der Waals surface area contributed by atoms with E-state index in [4.69, 9.17) is 0 Å². The van der Waals surface area contributed by atoms with Crippen molar-refractivity contribution in [1.29, 1.82) is 0 Å². The van der Waals surface area contributed by atoms with Crippen LogP contribution in [-0.4, -0.2) is 11.5 Å². The maximum absolute atomic E-state index is 4.37. The summed E-state index contributed by atoms with van der Waals surface area (Å²) in [6.07, 6.45) is 12.1. The Morgan fingerprint density at radius 3 is 3.06 bits per heavy atom. The predicted molar refractivity (Wildman–Crippen MR) is 74.4 cm³/mol. The molecule has 0 aliphatic heterocycles. The highest BCUT2D eigenvalue weighted by molar-refractivity contribution is 7.11. The number of hydrogen-bond acceptors (Lipinski definition) is 3. The Labute approximate surface area is 108 Å². The van der Waals surface area contributed by atoms with E-state index < -0.39 is 0 Å². The minimum atomic E-state index is 0.977. The zero-order chi connectivity index (χ0) is 11.9. The third-order valence-corrected chi connectivity index (χ3v) is 4.35. The van der Waals surface area contributed by atoms with Crippen LogP contribution in [0.3, 0.4) is 0 Å². The molecule has 17 heavy (non-hydrogen) atoms. The molecule has 0 atom stereocenters. The Hall–Kier alpha value is -0.670. The van der Waals surface area contributed by atoms with Crippen molar-refractivity contribution in [2.75, 3.05) is 6.54 Å². The molecular weight excluding hydrogens is 228 g/mol. The first kappa shape index (κ1) is 12.8. The number of thiazole rings is 1. The zero-order valence-electron chi connectivity index (χ0n) is 10.7. The molecule has 0 fully saturated rings. The van der Waals surface area contributed by atoms with Crippen molar-refractivity contribution < 1.29 is 0 Å². The molecule has 2 nitrogen and oxygen atoms in total. The van der Waals surface area contributed by atoms with E-state index in [1.54, 1.807) is 5.57 Å². The van der Waals surface area contributed by atoms with Gasteiger partial charge in [0.2, 0.25) is 0 Å². The molecule has 0 bridgehead atoms. The van der Waals surface area contributed by atoms with E-state index in [9.17, 15) is 0 Å². The second kappa shape index (κ2) is 6.92. The van der Waals surface area contributed by atoms with Crippen molar-refractivity contribution in [3.05, 3.63) is 27.7 Å². The molecule has 1 aliphatic rings. The van der Waals surface area contributed by atoms with Crippen LogP contribution in [0.25, 0.3) is 0 Å². The van der Waals surface area contributed by atoms with Gasteiger partial charge in [-0.25, -0.2) is 4.98 Å². The van der Waals surface area contributed by atoms with Crippen LogP contribution in [0.4, 0.5) is 0 Å². The molecule has 1 aromatic rings. The van der Waals surface area contributed by atoms with E-state index in [0.717, 1.165) is 19.5 Å². The minimum Gasteiger partial charge on any atom is -0.311 e. The summed E-state index contributed by atoms with van der Waals surface area (Å²) in [6.45, 7) is 4.24. The third-order valence-electron chi connectivity index (χ3n) is 3.21. The van der Waals surface area contributed by atoms with E-state index in [0.29, 0.717) is 0 Å². The number of allylic oxidation sites excluding steroid dienone is 1. The van der Waals surface area contributed by atoms with Gasteiger partial charge in [0.1, 0.15) is 0 Å². The smallest absolute Gasteiger partial charge is 0.0925 e. The molecule has 94 valence electrons. The van der Waals surface area contributed by atoms with Gasteiger partial charge >= 0.3 is 0 Å². The molecule has 0 unspecified atom stereocenters. The largest absolute Gasteiger partial charge is 0.311 e. The quantitative estimate of drug-likeness (QED) is 0.615. The van der Waals surface area contributed by atoms with Crippen molar-refractivity contribution in [2.24, 2.45) is 0 Å². The summed E-state index contributed by atoms with van der Waals surface area (Å²) in [5, 5.41) is 4.76. The summed E-state index contributed by atoms with van der Waals surface area (Å²) < 4.78 is 0. The van der Waals surface area contributed by atoms with Crippen LogP contribution in [-0.2, 0) is 13.0 Å². The number of aromatic nitrogens is 1. The highest BCUT2D eigenvalue weighted by Crippen LogP contribution is 2.19. The van der Waals surface area contributed by atoms with Gasteiger partial charge in [0.15, 0.2) is 0 Å². The Kier molecular flexibility index (Phi) is 5.20. The van der Waals surface area contributed by atoms with Crippen LogP contribution in [0.5, 0.6) is 0 Å². The van der Waals surface area contributed by atoms with Crippen molar-refractivity contribution in [3.63, 3.8) is 0 Å². The van der Waals surface area contributed by atoms with Gasteiger partial charge in [-0.05, 0) is 45.1 Å². The molecule has 0 spiro atoms. The molecule has 0 radical (unpaired) electrons. The number of hydrogen-bond donors (Lipinski definition) is 1. The normalized spacial score (nSPS) is 15.9. The predicted octanol–water partition coefficient (Wildman–Crippen LogP) is 3.69. The van der Waals surface area contributed by atoms with Crippen molar-refractivity contribution in [2.45, 2.75) is 52.0 Å². The standard InChI is InChI=1S/C14H22N2S/c1-2-14-16-11-13(17-14)10-15-9-8-12-6-4-3-5-7-12/h6,11,15H,2-5,7-10H2,1H3. The molecule has 1 heterocycles. The van der Waals surface area contributed by atoms with E-state index in [-0.39, 0.29) is 0 Å². The highest BCUT2D eigenvalue weighted by Gasteiger charge is 2.03. The van der Waals surface area contributed by atoms with Gasteiger partial charge in [-0.3, -0.25) is 0 Å². The molecule has 0 amide bonds. The van der Waals surface area contributed by atoms with Gasteiger partial charge in [0.05, 0.1) is 5.01 Å². The molecule has 1 aromatic heterocycles. The van der Waals surface area contributed by atoms with E-state index in [1.807, 2.05) is 17.5 Å². The first-order chi connectivity index (χ1) is 8.38. The fraction of sp³-hybridized carbons (Fsp3) is 0.643. The second-order valence-electron chi connectivity index (χ2n) is 4.61. The number of nitrogens with one attached hydrogen (secondary N) is 1. The zero-order valence-corrected chi connectivity index (χ0v) is 11.5. The molecule has 2 rings (SSSR count). The minimum absolute atomic E-state index is 0.977. The van der Waals surface area contributed by atoms with Crippen molar-refractivity contribution >= 4 is 11.3 Å². The summed E-state index contributed by atoms with van der Waals surface area (Å²) in [5.41, 5.74) is 1.65. The van der Waals surface area contributed by atoms with Crippen LogP contribution in [0, 0.1) is 0 Å². The van der Waals surface area contributed by atoms with Gasteiger partial charge in [0.25, 0.3) is 0 Å². The average Bonchev–Trinajstić information content (AvgIpc) is 2.84. The fourth-order valence-corrected chi connectivity index (χ4v) is 3.02. The van der Waals surface area contributed by atoms with Crippen LogP contribution in [0.1, 0.15) is 48.9 Å². The second-order valence-corrected chi connectivity index (χ2v) is 5.81. The van der Waals surface area contributed by atoms with Gasteiger partial charge in [-0.1, -0.05) is 18.6 Å². The average molecular weight is 250 g/mol. The first-order valence-corrected chi connectivity index (χ1v) is 7.52. The summed E-state index contributed by atoms with van der Waals surface area (Å²) >= 11 is 1.83. The Morgan fingerprint density at radius 2 is 2.35 bits per heavy atom. The van der Waals surface area contributed by atoms with E-state index in [2.05, 4.69) is 23.3 Å². The van der Waals surface area contributed by atoms with Crippen molar-refractivity contribution in [1.82, 2.24) is 10.3 Å². The first-order valence-electron chi connectivity index (χ1n) is 6.70. The molecular formula is C14H22N2S. The summed E-state index contributed by atoms with van der Waals surface area (Å²) in [4.78, 5) is 5.73. The molecule has 1 N–H and O–H groups in total. The Morgan fingerprint density at radius 1 is 1.41 bits per heavy atom. The summed E-state index contributed by atoms with van der Waals surface area (Å²) in [6, 6.07) is 0. The lowest BCUT2D eigenvalue weighted by molar-refractivity contribution is 0.634. The van der Waals surface area contributed by atoms with E-state index >= 15 is 0 Å². The maximum atomic E-state index is 4.37. The Balaban J connectivity index is 1.64. The topological polar surface area (TPSA) is 24.9 Å². The van der Waals surface area contributed by atoms with Crippen LogP contribution in [0.15, 0.2) is 17.8 Å². The van der Waals surface area contributed by atoms with Gasteiger partial charge in [-0.15, -0.1) is 11.3 Å².